The molecular formula is C23H20FN7O4. The number of carbonyl (C=O) groups excluding carboxylic acids is 3. The van der Waals surface area contributed by atoms with E-state index in [-0.39, 0.29) is 48.5 Å². The van der Waals surface area contributed by atoms with E-state index in [1.165, 1.54) is 33.1 Å². The zero-order valence-corrected chi connectivity index (χ0v) is 18.3. The molecule has 4 heterocycles. The molecule has 11 nitrogen and oxygen atoms in total. The number of ketones is 1. The Balaban J connectivity index is 1.30. The summed E-state index contributed by atoms with van der Waals surface area (Å²) in [4.78, 5) is 48.2. The number of nitrogens with one attached hydrogen (secondary N) is 1. The number of hydrogen-bond acceptors (Lipinski definition) is 7. The van der Waals surface area contributed by atoms with E-state index in [4.69, 9.17) is 0 Å². The third-order valence-corrected chi connectivity index (χ3v) is 5.95. The lowest BCUT2D eigenvalue weighted by molar-refractivity contribution is -0.144. The van der Waals surface area contributed by atoms with Crippen LogP contribution in [0.5, 0.6) is 0 Å². The van der Waals surface area contributed by atoms with Gasteiger partial charge in [0.25, 0.3) is 17.6 Å². The molecule has 4 aromatic rings. The first-order valence-corrected chi connectivity index (χ1v) is 10.8. The van der Waals surface area contributed by atoms with Gasteiger partial charge in [0.2, 0.25) is 0 Å². The molecule has 0 unspecified atom stereocenters. The summed E-state index contributed by atoms with van der Waals surface area (Å²) in [6.45, 7) is 0.525. The smallest absolute Gasteiger partial charge is 0.295 e. The molecule has 2 amide bonds. The number of aromatic nitrogens is 5. The highest BCUT2D eigenvalue weighted by molar-refractivity contribution is 6.45. The van der Waals surface area contributed by atoms with Crippen LogP contribution >= 0.6 is 0 Å². The molecule has 0 radical (unpaired) electrons. The van der Waals surface area contributed by atoms with E-state index in [0.717, 1.165) is 6.20 Å². The first-order valence-electron chi connectivity index (χ1n) is 10.8. The third kappa shape index (κ3) is 4.04. The maximum atomic E-state index is 14.7. The first kappa shape index (κ1) is 22.3. The van der Waals surface area contributed by atoms with Crippen molar-refractivity contribution in [3.63, 3.8) is 0 Å². The van der Waals surface area contributed by atoms with Gasteiger partial charge in [0.1, 0.15) is 0 Å². The van der Waals surface area contributed by atoms with Gasteiger partial charge < -0.3 is 19.9 Å². The number of aliphatic hydroxyl groups is 1. The molecule has 1 atom stereocenters. The molecule has 0 bridgehead atoms. The summed E-state index contributed by atoms with van der Waals surface area (Å²) in [5.74, 6) is -2.68. The van der Waals surface area contributed by atoms with Crippen molar-refractivity contribution in [2.75, 3.05) is 26.2 Å². The number of hydrogen-bond donors (Lipinski definition) is 2. The summed E-state index contributed by atoms with van der Waals surface area (Å²) in [7, 11) is 0. The summed E-state index contributed by atoms with van der Waals surface area (Å²) in [5.41, 5.74) is 0.563. The number of benzene rings is 1. The van der Waals surface area contributed by atoms with Gasteiger partial charge in [0.15, 0.2) is 17.7 Å². The first-order chi connectivity index (χ1) is 17.0. The van der Waals surface area contributed by atoms with Gasteiger partial charge in [0, 0.05) is 32.4 Å². The van der Waals surface area contributed by atoms with Crippen molar-refractivity contribution in [2.24, 2.45) is 0 Å². The number of aromatic amines is 1. The van der Waals surface area contributed by atoms with E-state index < -0.39 is 29.5 Å². The van der Waals surface area contributed by atoms with Crippen LogP contribution in [0.4, 0.5) is 4.39 Å². The average Bonchev–Trinajstić information content (AvgIpc) is 3.59. The fourth-order valence-corrected chi connectivity index (χ4v) is 4.11. The fourth-order valence-electron chi connectivity index (χ4n) is 4.11. The maximum absolute atomic E-state index is 14.7. The number of Topliss-reactive ketones (excluding diaryl/α,β-unsaturated/α-hetero) is 1. The Morgan fingerprint density at radius 1 is 1.06 bits per heavy atom. The topological polar surface area (TPSA) is 137 Å². The minimum atomic E-state index is -1.30. The summed E-state index contributed by atoms with van der Waals surface area (Å²) in [5, 5.41) is 17.8. The molecule has 1 aromatic carbocycles. The number of amides is 2. The quantitative estimate of drug-likeness (QED) is 0.321. The monoisotopic (exact) mass is 477 g/mol. The van der Waals surface area contributed by atoms with Crippen molar-refractivity contribution < 1.29 is 23.9 Å². The highest BCUT2D eigenvalue weighted by Gasteiger charge is 2.32. The Kier molecular flexibility index (Phi) is 5.79. The molecule has 0 aliphatic carbocycles. The largest absolute Gasteiger partial charge is 0.378 e. The zero-order valence-electron chi connectivity index (χ0n) is 18.3. The lowest BCUT2D eigenvalue weighted by atomic mass is 10.1. The summed E-state index contributed by atoms with van der Waals surface area (Å²) >= 11 is 0. The van der Waals surface area contributed by atoms with Crippen molar-refractivity contribution in [2.45, 2.75) is 6.10 Å². The second kappa shape index (κ2) is 9.06. The van der Waals surface area contributed by atoms with E-state index in [2.05, 4.69) is 20.3 Å². The zero-order chi connectivity index (χ0) is 24.5. The van der Waals surface area contributed by atoms with Crippen molar-refractivity contribution in [3.8, 4) is 5.82 Å². The van der Waals surface area contributed by atoms with Crippen LogP contribution in [0.15, 0.2) is 55.1 Å². The molecule has 5 rings (SSSR count). The molecule has 0 saturated carbocycles. The van der Waals surface area contributed by atoms with Gasteiger partial charge in [-0.2, -0.15) is 0 Å². The standard InChI is InChI=1S/C23H20FN7O4/c24-16-13-26-21(31-7-6-27-28-31)18-17(16)15(12-25-18)20(33)23(35)30-10-8-29(9-11-30)22(34)19(32)14-4-2-1-3-5-14/h1-7,12-13,19,25,32H,8-11H2/t19-/m0/s1. The molecule has 2 N–H and O–H groups in total. The second-order valence-corrected chi connectivity index (χ2v) is 7.99. The van der Waals surface area contributed by atoms with Gasteiger partial charge >= 0.3 is 0 Å². The molecule has 1 aliphatic rings. The van der Waals surface area contributed by atoms with Gasteiger partial charge in [-0.05, 0) is 5.56 Å². The lowest BCUT2D eigenvalue weighted by Gasteiger charge is -2.35. The van der Waals surface area contributed by atoms with Crippen LogP contribution in [0.3, 0.4) is 0 Å². The number of halogens is 1. The maximum Gasteiger partial charge on any atom is 0.295 e. The van der Waals surface area contributed by atoms with Crippen LogP contribution < -0.4 is 0 Å². The lowest BCUT2D eigenvalue weighted by Crippen LogP contribution is -2.53. The summed E-state index contributed by atoms with van der Waals surface area (Å²) in [6, 6.07) is 8.56. The number of piperazine rings is 1. The number of aliphatic hydroxyl groups excluding tert-OH is 1. The van der Waals surface area contributed by atoms with Gasteiger partial charge in [-0.3, -0.25) is 14.4 Å². The Hall–Kier alpha value is -4.45. The van der Waals surface area contributed by atoms with Gasteiger partial charge in [0.05, 0.1) is 35.1 Å². The van der Waals surface area contributed by atoms with Crippen molar-refractivity contribution >= 4 is 28.5 Å². The Labute approximate surface area is 197 Å². The molecule has 0 spiro atoms. The number of pyridine rings is 1. The summed E-state index contributed by atoms with van der Waals surface area (Å²) < 4.78 is 16.0. The SMILES string of the molecule is O=C(C(=O)N1CCN(C(=O)[C@@H](O)c2ccccc2)CC1)c1c[nH]c2c(-n3ccnn3)ncc(F)c12. The third-order valence-electron chi connectivity index (χ3n) is 5.95. The van der Waals surface area contributed by atoms with Gasteiger partial charge in [-0.25, -0.2) is 14.1 Å². The minimum absolute atomic E-state index is 0.0661. The second-order valence-electron chi connectivity index (χ2n) is 7.99. The molecule has 12 heteroatoms. The van der Waals surface area contributed by atoms with Crippen molar-refractivity contribution in [1.82, 2.24) is 34.8 Å². The predicted molar refractivity (Wildman–Crippen MR) is 120 cm³/mol. The Morgan fingerprint density at radius 3 is 2.46 bits per heavy atom. The molecule has 1 aliphatic heterocycles. The molecule has 3 aromatic heterocycles. The highest BCUT2D eigenvalue weighted by Crippen LogP contribution is 2.26. The number of H-pyrrole nitrogens is 1. The van der Waals surface area contributed by atoms with Crippen LogP contribution in [-0.2, 0) is 9.59 Å². The van der Waals surface area contributed by atoms with Crippen LogP contribution in [-0.4, -0.2) is 83.6 Å². The number of carbonyl (C=O) groups is 3. The Bertz CT molecular complexity index is 1400. The van der Waals surface area contributed by atoms with Crippen LogP contribution in [0.25, 0.3) is 16.7 Å². The number of fused-ring (bicyclic) bond motifs is 1. The van der Waals surface area contributed by atoms with E-state index in [9.17, 15) is 23.9 Å². The fraction of sp³-hybridized carbons (Fsp3) is 0.217. The van der Waals surface area contributed by atoms with Gasteiger partial charge in [-0.1, -0.05) is 35.5 Å². The molecule has 178 valence electrons. The number of rotatable bonds is 5. The van der Waals surface area contributed by atoms with Gasteiger partial charge in [-0.15, -0.1) is 5.10 Å². The van der Waals surface area contributed by atoms with E-state index >= 15 is 0 Å². The highest BCUT2D eigenvalue weighted by atomic mass is 19.1. The van der Waals surface area contributed by atoms with Crippen molar-refractivity contribution in [3.05, 3.63) is 72.1 Å². The van der Waals surface area contributed by atoms with Crippen molar-refractivity contribution in [1.29, 1.82) is 0 Å². The molecule has 1 saturated heterocycles. The number of nitrogens with zero attached hydrogens (tertiary/aromatic N) is 6. The molecular weight excluding hydrogens is 457 g/mol. The predicted octanol–water partition coefficient (Wildman–Crippen LogP) is 0.870. The van der Waals surface area contributed by atoms with E-state index in [1.807, 2.05) is 0 Å². The molecule has 35 heavy (non-hydrogen) atoms. The van der Waals surface area contributed by atoms with Crippen LogP contribution in [0.2, 0.25) is 0 Å². The van der Waals surface area contributed by atoms with Crippen LogP contribution in [0.1, 0.15) is 22.0 Å². The Morgan fingerprint density at radius 2 is 1.77 bits per heavy atom. The minimum Gasteiger partial charge on any atom is -0.378 e. The van der Waals surface area contributed by atoms with Crippen LogP contribution in [0, 0.1) is 5.82 Å². The molecule has 1 fully saturated rings. The normalized spacial score (nSPS) is 14.8. The van der Waals surface area contributed by atoms with E-state index in [0.29, 0.717) is 5.56 Å². The van der Waals surface area contributed by atoms with E-state index in [1.54, 1.807) is 30.3 Å². The summed E-state index contributed by atoms with van der Waals surface area (Å²) in [6.07, 6.45) is 3.87. The average molecular weight is 477 g/mol.